The van der Waals surface area contributed by atoms with Crippen molar-refractivity contribution in [3.05, 3.63) is 27.7 Å². The summed E-state index contributed by atoms with van der Waals surface area (Å²) in [4.78, 5) is 0. The molecule has 0 bridgehead atoms. The van der Waals surface area contributed by atoms with E-state index in [1.807, 2.05) is 23.9 Å². The fourth-order valence-corrected chi connectivity index (χ4v) is 2.18. The zero-order chi connectivity index (χ0) is 12.1. The van der Waals surface area contributed by atoms with Crippen LogP contribution >= 0.6 is 35.0 Å². The Balaban J connectivity index is 2.72. The number of nitrogens with two attached hydrogens (primary N) is 1. The second kappa shape index (κ2) is 6.60. The first-order valence-corrected chi connectivity index (χ1v) is 7.18. The number of halogens is 2. The maximum Gasteiger partial charge on any atom is 0.0693 e. The van der Waals surface area contributed by atoms with Crippen molar-refractivity contribution in [1.82, 2.24) is 5.32 Å². The monoisotopic (exact) mass is 278 g/mol. The second-order valence-corrected chi connectivity index (χ2v) is 5.37. The number of anilines is 1. The van der Waals surface area contributed by atoms with Gasteiger partial charge in [0.05, 0.1) is 15.7 Å². The van der Waals surface area contributed by atoms with Crippen molar-refractivity contribution in [2.24, 2.45) is 0 Å². The molecule has 1 atom stereocenters. The third-order valence-corrected chi connectivity index (χ3v) is 3.60. The van der Waals surface area contributed by atoms with Crippen LogP contribution in [0.1, 0.15) is 18.5 Å². The van der Waals surface area contributed by atoms with E-state index in [-0.39, 0.29) is 6.04 Å². The smallest absolute Gasteiger partial charge is 0.0693 e. The maximum absolute atomic E-state index is 5.98. The van der Waals surface area contributed by atoms with Crippen molar-refractivity contribution in [2.45, 2.75) is 13.0 Å². The Labute approximate surface area is 111 Å². The standard InChI is InChI=1S/C11H16Cl2N2S/c1-7(15-3-4-16-2)8-5-9(12)11(14)10(13)6-8/h5-7,15H,3-4,14H2,1-2H3. The topological polar surface area (TPSA) is 38.0 Å². The molecule has 0 aliphatic carbocycles. The van der Waals surface area contributed by atoms with E-state index in [0.717, 1.165) is 17.9 Å². The van der Waals surface area contributed by atoms with E-state index in [0.29, 0.717) is 15.7 Å². The molecular formula is C11H16Cl2N2S. The highest BCUT2D eigenvalue weighted by molar-refractivity contribution is 7.98. The van der Waals surface area contributed by atoms with Crippen molar-refractivity contribution < 1.29 is 0 Å². The molecule has 0 aliphatic rings. The average molecular weight is 279 g/mol. The molecule has 90 valence electrons. The van der Waals surface area contributed by atoms with Gasteiger partial charge in [0.25, 0.3) is 0 Å². The molecule has 2 nitrogen and oxygen atoms in total. The lowest BCUT2D eigenvalue weighted by molar-refractivity contribution is 0.601. The largest absolute Gasteiger partial charge is 0.396 e. The molecule has 0 saturated carbocycles. The van der Waals surface area contributed by atoms with Crippen molar-refractivity contribution in [3.8, 4) is 0 Å². The zero-order valence-corrected chi connectivity index (χ0v) is 11.7. The van der Waals surface area contributed by atoms with Crippen LogP contribution < -0.4 is 11.1 Å². The van der Waals surface area contributed by atoms with E-state index in [9.17, 15) is 0 Å². The summed E-state index contributed by atoms with van der Waals surface area (Å²) in [7, 11) is 0. The van der Waals surface area contributed by atoms with Crippen LogP contribution in [0.25, 0.3) is 0 Å². The Morgan fingerprint density at radius 1 is 1.38 bits per heavy atom. The van der Waals surface area contributed by atoms with Crippen molar-refractivity contribution in [3.63, 3.8) is 0 Å². The van der Waals surface area contributed by atoms with Crippen LogP contribution in [0.15, 0.2) is 12.1 Å². The molecule has 0 fully saturated rings. The summed E-state index contributed by atoms with van der Waals surface area (Å²) < 4.78 is 0. The quantitative estimate of drug-likeness (QED) is 0.639. The lowest BCUT2D eigenvalue weighted by Gasteiger charge is -2.15. The van der Waals surface area contributed by atoms with Gasteiger partial charge in [-0.15, -0.1) is 0 Å². The SMILES string of the molecule is CSCCNC(C)c1cc(Cl)c(N)c(Cl)c1. The molecule has 0 radical (unpaired) electrons. The Morgan fingerprint density at radius 3 is 2.44 bits per heavy atom. The van der Waals surface area contributed by atoms with Crippen LogP contribution in [0, 0.1) is 0 Å². The average Bonchev–Trinajstić information content (AvgIpc) is 2.25. The minimum absolute atomic E-state index is 0.225. The molecular weight excluding hydrogens is 263 g/mol. The van der Waals surface area contributed by atoms with Crippen LogP contribution in [0.2, 0.25) is 10.0 Å². The molecule has 1 aromatic rings. The number of hydrogen-bond donors (Lipinski definition) is 2. The highest BCUT2D eigenvalue weighted by Gasteiger charge is 2.09. The number of nitrogen functional groups attached to an aromatic ring is 1. The van der Waals surface area contributed by atoms with Crippen LogP contribution in [0.4, 0.5) is 5.69 Å². The third kappa shape index (κ3) is 3.74. The molecule has 1 aromatic carbocycles. The zero-order valence-electron chi connectivity index (χ0n) is 9.39. The van der Waals surface area contributed by atoms with E-state index in [1.54, 1.807) is 0 Å². The predicted octanol–water partition coefficient (Wildman–Crippen LogP) is 3.59. The minimum atomic E-state index is 0.225. The first kappa shape index (κ1) is 14.0. The molecule has 5 heteroatoms. The van der Waals surface area contributed by atoms with Gasteiger partial charge in [0.2, 0.25) is 0 Å². The summed E-state index contributed by atoms with van der Waals surface area (Å²) >= 11 is 13.8. The van der Waals surface area contributed by atoms with Gasteiger partial charge in [-0.05, 0) is 30.9 Å². The molecule has 0 heterocycles. The van der Waals surface area contributed by atoms with E-state index in [2.05, 4.69) is 18.5 Å². The van der Waals surface area contributed by atoms with Gasteiger partial charge in [-0.1, -0.05) is 23.2 Å². The van der Waals surface area contributed by atoms with Gasteiger partial charge >= 0.3 is 0 Å². The molecule has 0 spiro atoms. The van der Waals surface area contributed by atoms with Crippen LogP contribution in [-0.2, 0) is 0 Å². The third-order valence-electron chi connectivity index (χ3n) is 2.36. The molecule has 0 aliphatic heterocycles. The summed E-state index contributed by atoms with van der Waals surface area (Å²) in [6.45, 7) is 3.04. The molecule has 0 saturated heterocycles. The summed E-state index contributed by atoms with van der Waals surface area (Å²) in [6, 6.07) is 3.95. The summed E-state index contributed by atoms with van der Waals surface area (Å²) in [5.41, 5.74) is 7.19. The Morgan fingerprint density at radius 2 is 1.94 bits per heavy atom. The van der Waals surface area contributed by atoms with Gasteiger partial charge in [-0.25, -0.2) is 0 Å². The molecule has 3 N–H and O–H groups in total. The fraction of sp³-hybridized carbons (Fsp3) is 0.455. The van der Waals surface area contributed by atoms with E-state index >= 15 is 0 Å². The lowest BCUT2D eigenvalue weighted by Crippen LogP contribution is -2.21. The second-order valence-electron chi connectivity index (χ2n) is 3.57. The van der Waals surface area contributed by atoms with Crippen molar-refractivity contribution in [2.75, 3.05) is 24.3 Å². The predicted molar refractivity (Wildman–Crippen MR) is 75.7 cm³/mol. The van der Waals surface area contributed by atoms with Gasteiger partial charge in [0, 0.05) is 18.3 Å². The molecule has 1 unspecified atom stereocenters. The summed E-state index contributed by atoms with van der Waals surface area (Å²) in [5.74, 6) is 1.08. The van der Waals surface area contributed by atoms with Crippen LogP contribution in [0.3, 0.4) is 0 Å². The summed E-state index contributed by atoms with van der Waals surface area (Å²) in [6.07, 6.45) is 2.09. The van der Waals surface area contributed by atoms with Gasteiger partial charge in [0.1, 0.15) is 0 Å². The Kier molecular flexibility index (Phi) is 5.76. The first-order valence-electron chi connectivity index (χ1n) is 5.03. The Hall–Kier alpha value is -0.0900. The number of benzene rings is 1. The Bertz CT molecular complexity index is 335. The van der Waals surface area contributed by atoms with Gasteiger partial charge in [0.15, 0.2) is 0 Å². The van der Waals surface area contributed by atoms with E-state index in [4.69, 9.17) is 28.9 Å². The fourth-order valence-electron chi connectivity index (χ4n) is 1.35. The normalized spacial score (nSPS) is 12.8. The highest BCUT2D eigenvalue weighted by Crippen LogP contribution is 2.31. The maximum atomic E-state index is 5.98. The number of rotatable bonds is 5. The van der Waals surface area contributed by atoms with Gasteiger partial charge in [-0.3, -0.25) is 0 Å². The van der Waals surface area contributed by atoms with E-state index < -0.39 is 0 Å². The number of thioether (sulfide) groups is 1. The van der Waals surface area contributed by atoms with Crippen LogP contribution in [-0.4, -0.2) is 18.6 Å². The first-order chi connectivity index (χ1) is 7.56. The highest BCUT2D eigenvalue weighted by atomic mass is 35.5. The number of nitrogens with one attached hydrogen (secondary N) is 1. The van der Waals surface area contributed by atoms with Gasteiger partial charge in [-0.2, -0.15) is 11.8 Å². The van der Waals surface area contributed by atoms with Crippen molar-refractivity contribution >= 4 is 40.7 Å². The molecule has 0 amide bonds. The van der Waals surface area contributed by atoms with Crippen molar-refractivity contribution in [1.29, 1.82) is 0 Å². The summed E-state index contributed by atoms with van der Waals surface area (Å²) in [5, 5.41) is 4.42. The molecule has 0 aromatic heterocycles. The molecule has 1 rings (SSSR count). The number of hydrogen-bond acceptors (Lipinski definition) is 3. The molecule has 16 heavy (non-hydrogen) atoms. The van der Waals surface area contributed by atoms with Crippen LogP contribution in [0.5, 0.6) is 0 Å². The lowest BCUT2D eigenvalue weighted by atomic mass is 10.1. The van der Waals surface area contributed by atoms with E-state index in [1.165, 1.54) is 0 Å². The van der Waals surface area contributed by atoms with Gasteiger partial charge < -0.3 is 11.1 Å². The minimum Gasteiger partial charge on any atom is -0.396 e.